The molecule has 0 radical (unpaired) electrons. The summed E-state index contributed by atoms with van der Waals surface area (Å²) in [6.07, 6.45) is 0. The van der Waals surface area contributed by atoms with Crippen LogP contribution in [-0.4, -0.2) is 17.3 Å². The second kappa shape index (κ2) is 4.19. The monoisotopic (exact) mass is 310 g/mol. The Labute approximate surface area is 117 Å². The quantitative estimate of drug-likeness (QED) is 0.414. The molecule has 102 valence electrons. The van der Waals surface area contributed by atoms with Gasteiger partial charge in [0.1, 0.15) is 5.52 Å². The van der Waals surface area contributed by atoms with Gasteiger partial charge in [0.15, 0.2) is 0 Å². The molecule has 0 bridgehead atoms. The number of nitro benzene ring substituents is 1. The first-order valence-electron chi connectivity index (χ1n) is 5.53. The van der Waals surface area contributed by atoms with Gasteiger partial charge in [-0.15, -0.1) is 0 Å². The predicted molar refractivity (Wildman–Crippen MR) is 76.3 cm³/mol. The van der Waals surface area contributed by atoms with E-state index in [1.54, 1.807) is 30.3 Å². The molecule has 3 aromatic rings. The van der Waals surface area contributed by atoms with E-state index in [9.17, 15) is 18.5 Å². The maximum Gasteiger partial charge on any atom is 0.326 e. The fourth-order valence-corrected chi connectivity index (χ4v) is 3.57. The largest absolute Gasteiger partial charge is 0.326 e. The van der Waals surface area contributed by atoms with Crippen LogP contribution in [0.2, 0.25) is 0 Å². The molecule has 3 rings (SSSR count). The van der Waals surface area contributed by atoms with Gasteiger partial charge in [0, 0.05) is 27.5 Å². The van der Waals surface area contributed by atoms with Crippen LogP contribution in [0.25, 0.3) is 21.8 Å². The third-order valence-corrected chi connectivity index (χ3v) is 4.28. The molecule has 1 aromatic heterocycles. The molecule has 0 aliphatic heterocycles. The number of benzene rings is 2. The van der Waals surface area contributed by atoms with Crippen molar-refractivity contribution < 1.29 is 13.3 Å². The smallest absolute Gasteiger partial charge is 0.258 e. The van der Waals surface area contributed by atoms with Gasteiger partial charge >= 0.3 is 9.24 Å². The van der Waals surface area contributed by atoms with E-state index in [2.05, 4.69) is 0 Å². The Hall–Kier alpha value is -2.12. The van der Waals surface area contributed by atoms with E-state index in [1.165, 1.54) is 12.1 Å². The highest BCUT2D eigenvalue weighted by Crippen LogP contribution is 2.36. The lowest BCUT2D eigenvalue weighted by atomic mass is 10.1. The van der Waals surface area contributed by atoms with Crippen LogP contribution in [-0.2, 0) is 9.24 Å². The average Bonchev–Trinajstić information content (AvgIpc) is 2.72. The van der Waals surface area contributed by atoms with Gasteiger partial charge < -0.3 is 0 Å². The minimum absolute atomic E-state index is 0.0197. The molecule has 8 heteroatoms. The lowest BCUT2D eigenvalue weighted by Crippen LogP contribution is -2.05. The van der Waals surface area contributed by atoms with Gasteiger partial charge in [-0.3, -0.25) is 10.1 Å². The molecule has 0 amide bonds. The number of nitrogens with zero attached hydrogens (tertiary/aromatic N) is 2. The van der Waals surface area contributed by atoms with Gasteiger partial charge in [-0.2, -0.15) is 8.42 Å². The highest BCUT2D eigenvalue weighted by atomic mass is 35.7. The first-order valence-corrected chi connectivity index (χ1v) is 7.79. The number of hydrogen-bond acceptors (Lipinski definition) is 4. The molecule has 0 aliphatic rings. The summed E-state index contributed by atoms with van der Waals surface area (Å²) in [5.74, 6) is 0. The number of non-ortho nitro benzene ring substituents is 1. The second-order valence-corrected chi connectivity index (χ2v) is 6.51. The van der Waals surface area contributed by atoms with Crippen LogP contribution in [0.5, 0.6) is 0 Å². The lowest BCUT2D eigenvalue weighted by molar-refractivity contribution is -0.383. The zero-order valence-electron chi connectivity index (χ0n) is 9.86. The second-order valence-electron chi connectivity index (χ2n) is 4.15. The van der Waals surface area contributed by atoms with E-state index in [-0.39, 0.29) is 11.2 Å². The van der Waals surface area contributed by atoms with Crippen LogP contribution < -0.4 is 0 Å². The van der Waals surface area contributed by atoms with Crippen molar-refractivity contribution in [3.05, 3.63) is 52.6 Å². The summed E-state index contributed by atoms with van der Waals surface area (Å²) >= 11 is 0. The van der Waals surface area contributed by atoms with Crippen LogP contribution in [0.4, 0.5) is 5.69 Å². The van der Waals surface area contributed by atoms with Crippen molar-refractivity contribution in [3.63, 3.8) is 0 Å². The Morgan fingerprint density at radius 3 is 2.35 bits per heavy atom. The summed E-state index contributed by atoms with van der Waals surface area (Å²) in [7, 11) is 1.26. The first-order chi connectivity index (χ1) is 9.41. The van der Waals surface area contributed by atoms with E-state index in [0.717, 1.165) is 3.97 Å². The van der Waals surface area contributed by atoms with Crippen molar-refractivity contribution >= 4 is 47.4 Å². The van der Waals surface area contributed by atoms with E-state index >= 15 is 0 Å². The molecule has 0 unspecified atom stereocenters. The van der Waals surface area contributed by atoms with Crippen molar-refractivity contribution in [3.8, 4) is 0 Å². The summed E-state index contributed by atoms with van der Waals surface area (Å²) in [4.78, 5) is 10.5. The van der Waals surface area contributed by atoms with Crippen molar-refractivity contribution in [2.24, 2.45) is 0 Å². The standard InChI is InChI=1S/C12H7ClN2O4S/c13-20(18,19)14-10-6-2-1-4-8(10)9-5-3-7-11(12(9)14)15(16)17/h1-7H. The Kier molecular flexibility index (Phi) is 2.70. The lowest BCUT2D eigenvalue weighted by Gasteiger charge is -2.02. The number of aromatic nitrogens is 1. The summed E-state index contributed by atoms with van der Waals surface area (Å²) in [6.45, 7) is 0. The van der Waals surface area contributed by atoms with E-state index in [0.29, 0.717) is 16.3 Å². The Morgan fingerprint density at radius 1 is 1.05 bits per heavy atom. The van der Waals surface area contributed by atoms with E-state index in [1.807, 2.05) is 0 Å². The van der Waals surface area contributed by atoms with Gasteiger partial charge in [-0.05, 0) is 6.07 Å². The molecule has 6 nitrogen and oxygen atoms in total. The molecule has 0 atom stereocenters. The van der Waals surface area contributed by atoms with Crippen molar-refractivity contribution in [1.82, 2.24) is 3.97 Å². The fourth-order valence-electron chi connectivity index (χ4n) is 2.33. The topological polar surface area (TPSA) is 82.2 Å². The molecule has 2 aromatic carbocycles. The number of hydrogen-bond donors (Lipinski definition) is 0. The molecule has 20 heavy (non-hydrogen) atoms. The molecule has 0 saturated heterocycles. The van der Waals surface area contributed by atoms with Crippen LogP contribution in [0.15, 0.2) is 42.5 Å². The van der Waals surface area contributed by atoms with Gasteiger partial charge in [0.05, 0.1) is 10.4 Å². The van der Waals surface area contributed by atoms with Crippen LogP contribution in [0, 0.1) is 10.1 Å². The summed E-state index contributed by atoms with van der Waals surface area (Å²) in [5, 5.41) is 12.2. The molecule has 0 fully saturated rings. The van der Waals surface area contributed by atoms with Crippen molar-refractivity contribution in [1.29, 1.82) is 0 Å². The summed E-state index contributed by atoms with van der Waals surface area (Å²) < 4.78 is 24.4. The number of para-hydroxylation sites is 2. The van der Waals surface area contributed by atoms with Crippen LogP contribution in [0.1, 0.15) is 0 Å². The van der Waals surface area contributed by atoms with Crippen molar-refractivity contribution in [2.45, 2.75) is 0 Å². The van der Waals surface area contributed by atoms with Crippen molar-refractivity contribution in [2.75, 3.05) is 0 Å². The molecule has 0 spiro atoms. The molecule has 0 aliphatic carbocycles. The number of nitro groups is 1. The van der Waals surface area contributed by atoms with Crippen LogP contribution in [0.3, 0.4) is 0 Å². The summed E-state index contributed by atoms with van der Waals surface area (Å²) in [6, 6.07) is 11.0. The van der Waals surface area contributed by atoms with Gasteiger partial charge in [-0.1, -0.05) is 30.3 Å². The number of fused-ring (bicyclic) bond motifs is 3. The fraction of sp³-hybridized carbons (Fsp3) is 0. The Bertz CT molecular complexity index is 962. The number of rotatable bonds is 2. The maximum absolute atomic E-state index is 11.8. The highest BCUT2D eigenvalue weighted by Gasteiger charge is 2.25. The SMILES string of the molecule is O=[N+]([O-])c1cccc2c3ccccc3n(S(=O)(=O)Cl)c12. The van der Waals surface area contributed by atoms with E-state index < -0.39 is 14.2 Å². The predicted octanol–water partition coefficient (Wildman–Crippen LogP) is 3.03. The highest BCUT2D eigenvalue weighted by molar-refractivity contribution is 8.12. The Balaban J connectivity index is 2.71. The molecular formula is C12H7ClN2O4S. The third kappa shape index (κ3) is 1.75. The molecule has 1 heterocycles. The first kappa shape index (κ1) is 12.9. The molecule has 0 saturated carbocycles. The third-order valence-electron chi connectivity index (χ3n) is 3.05. The average molecular weight is 311 g/mol. The number of halogens is 1. The van der Waals surface area contributed by atoms with Gasteiger partial charge in [-0.25, -0.2) is 3.97 Å². The zero-order chi connectivity index (χ0) is 14.5. The van der Waals surface area contributed by atoms with E-state index in [4.69, 9.17) is 10.7 Å². The molecule has 0 N–H and O–H groups in total. The van der Waals surface area contributed by atoms with Gasteiger partial charge in [0.25, 0.3) is 5.69 Å². The summed E-state index contributed by atoms with van der Waals surface area (Å²) in [5.41, 5.74) is -0.0107. The Morgan fingerprint density at radius 2 is 1.70 bits per heavy atom. The maximum atomic E-state index is 11.8. The minimum Gasteiger partial charge on any atom is -0.258 e. The minimum atomic E-state index is -4.18. The normalized spacial score (nSPS) is 12.1. The van der Waals surface area contributed by atoms with Crippen LogP contribution >= 0.6 is 10.7 Å². The zero-order valence-corrected chi connectivity index (χ0v) is 11.4. The van der Waals surface area contributed by atoms with Gasteiger partial charge in [0.2, 0.25) is 0 Å². The molecular weight excluding hydrogens is 304 g/mol.